The van der Waals surface area contributed by atoms with E-state index in [1.54, 1.807) is 7.05 Å². The Labute approximate surface area is 102 Å². The summed E-state index contributed by atoms with van der Waals surface area (Å²) in [5, 5.41) is 15.2. The highest BCUT2D eigenvalue weighted by Gasteiger charge is 2.13. The molecule has 0 aromatic carbocycles. The smallest absolute Gasteiger partial charge is 0.258 e. The van der Waals surface area contributed by atoms with Crippen molar-refractivity contribution in [2.24, 2.45) is 7.05 Å². The van der Waals surface area contributed by atoms with Gasteiger partial charge in [0.2, 0.25) is 5.95 Å². The zero-order valence-electron chi connectivity index (χ0n) is 9.38. The maximum absolute atomic E-state index is 12.6. The van der Waals surface area contributed by atoms with E-state index in [4.69, 9.17) is 5.26 Å². The van der Waals surface area contributed by atoms with Gasteiger partial charge >= 0.3 is 0 Å². The van der Waals surface area contributed by atoms with Crippen molar-refractivity contribution >= 4 is 11.7 Å². The molecule has 2 rings (SSSR count). The largest absolute Gasteiger partial charge is 0.306 e. The first-order chi connectivity index (χ1) is 8.61. The zero-order valence-corrected chi connectivity index (χ0v) is 9.38. The van der Waals surface area contributed by atoms with Gasteiger partial charge in [-0.05, 0) is 12.1 Å². The van der Waals surface area contributed by atoms with Crippen LogP contribution in [0, 0.1) is 17.3 Å². The molecule has 0 unspecified atom stereocenters. The molecule has 0 aliphatic rings. The number of aromatic nitrogens is 3. The second-order valence-electron chi connectivity index (χ2n) is 3.47. The maximum Gasteiger partial charge on any atom is 0.258 e. The van der Waals surface area contributed by atoms with Gasteiger partial charge < -0.3 is 5.32 Å². The van der Waals surface area contributed by atoms with Gasteiger partial charge in [0.05, 0.1) is 11.8 Å². The molecule has 90 valence electrons. The van der Waals surface area contributed by atoms with E-state index in [1.165, 1.54) is 16.9 Å². The number of carbonyl (C=O) groups excluding carboxylic acids is 1. The summed E-state index contributed by atoms with van der Waals surface area (Å²) >= 11 is 0. The number of amides is 1. The van der Waals surface area contributed by atoms with Gasteiger partial charge in [0, 0.05) is 13.2 Å². The van der Waals surface area contributed by atoms with Crippen molar-refractivity contribution in [3.63, 3.8) is 0 Å². The number of nitrogens with one attached hydrogen (secondary N) is 1. The highest BCUT2D eigenvalue weighted by atomic mass is 19.1. The van der Waals surface area contributed by atoms with Crippen molar-refractivity contribution in [1.29, 1.82) is 5.26 Å². The Morgan fingerprint density at radius 2 is 2.28 bits per heavy atom. The van der Waals surface area contributed by atoms with Crippen LogP contribution in [-0.4, -0.2) is 20.7 Å². The highest BCUT2D eigenvalue weighted by Crippen LogP contribution is 2.13. The third-order valence-electron chi connectivity index (χ3n) is 2.28. The van der Waals surface area contributed by atoms with Crippen LogP contribution in [0.1, 0.15) is 15.9 Å². The molecule has 2 aromatic rings. The number of carbonyl (C=O) groups is 1. The fraction of sp³-hybridized carbons (Fsp3) is 0.0909. The zero-order chi connectivity index (χ0) is 13.1. The third-order valence-corrected chi connectivity index (χ3v) is 2.28. The van der Waals surface area contributed by atoms with E-state index in [9.17, 15) is 9.18 Å². The van der Waals surface area contributed by atoms with Crippen LogP contribution in [0.5, 0.6) is 0 Å². The molecule has 0 bridgehead atoms. The third kappa shape index (κ3) is 2.17. The van der Waals surface area contributed by atoms with Crippen LogP contribution in [0.3, 0.4) is 0 Å². The van der Waals surface area contributed by atoms with E-state index in [0.29, 0.717) is 0 Å². The quantitative estimate of drug-likeness (QED) is 0.802. The van der Waals surface area contributed by atoms with E-state index in [2.05, 4.69) is 15.4 Å². The second-order valence-corrected chi connectivity index (χ2v) is 3.47. The normalized spacial score (nSPS) is 9.83. The Balaban J connectivity index is 2.24. The molecule has 0 radical (unpaired) electrons. The van der Waals surface area contributed by atoms with Gasteiger partial charge in [0.25, 0.3) is 5.91 Å². The van der Waals surface area contributed by atoms with Crippen LogP contribution in [-0.2, 0) is 7.05 Å². The molecule has 7 heteroatoms. The standard InChI is InChI=1S/C11H8FN5O/c1-17-10(8(4-13)6-15-17)16-11(18)7-2-3-9(12)14-5-7/h2-3,5-6H,1H3,(H,16,18). The molecule has 0 saturated heterocycles. The van der Waals surface area contributed by atoms with Gasteiger partial charge in [-0.2, -0.15) is 14.8 Å². The molecule has 1 N–H and O–H groups in total. The Morgan fingerprint density at radius 3 is 2.89 bits per heavy atom. The lowest BCUT2D eigenvalue weighted by Crippen LogP contribution is -2.15. The number of aryl methyl sites for hydroxylation is 1. The van der Waals surface area contributed by atoms with Gasteiger partial charge in [0.1, 0.15) is 17.5 Å². The van der Waals surface area contributed by atoms with Gasteiger partial charge in [-0.15, -0.1) is 0 Å². The Morgan fingerprint density at radius 1 is 1.50 bits per heavy atom. The van der Waals surface area contributed by atoms with Crippen LogP contribution in [0.15, 0.2) is 24.5 Å². The molecule has 18 heavy (non-hydrogen) atoms. The summed E-state index contributed by atoms with van der Waals surface area (Å²) in [6, 6.07) is 4.30. The number of pyridine rings is 1. The monoisotopic (exact) mass is 245 g/mol. The van der Waals surface area contributed by atoms with Crippen molar-refractivity contribution in [2.75, 3.05) is 5.32 Å². The Kier molecular flexibility index (Phi) is 3.02. The number of hydrogen-bond donors (Lipinski definition) is 1. The summed E-state index contributed by atoms with van der Waals surface area (Å²) in [6.07, 6.45) is 2.46. The molecular weight excluding hydrogens is 237 g/mol. The van der Waals surface area contributed by atoms with Crippen molar-refractivity contribution < 1.29 is 9.18 Å². The van der Waals surface area contributed by atoms with Crippen LogP contribution >= 0.6 is 0 Å². The van der Waals surface area contributed by atoms with Crippen molar-refractivity contribution in [3.05, 3.63) is 41.6 Å². The van der Waals surface area contributed by atoms with Gasteiger partial charge in [0.15, 0.2) is 0 Å². The Hall–Kier alpha value is -2.75. The topological polar surface area (TPSA) is 83.6 Å². The summed E-state index contributed by atoms with van der Waals surface area (Å²) in [5.74, 6) is -0.862. The van der Waals surface area contributed by atoms with Crippen molar-refractivity contribution in [1.82, 2.24) is 14.8 Å². The predicted octanol–water partition coefficient (Wildman–Crippen LogP) is 1.08. The average Bonchev–Trinajstić information content (AvgIpc) is 2.71. The lowest BCUT2D eigenvalue weighted by atomic mass is 10.2. The summed E-state index contributed by atoms with van der Waals surface area (Å²) < 4.78 is 14.0. The minimum Gasteiger partial charge on any atom is -0.306 e. The lowest BCUT2D eigenvalue weighted by molar-refractivity contribution is 0.102. The molecule has 0 aliphatic carbocycles. The molecule has 2 aromatic heterocycles. The molecule has 6 nitrogen and oxygen atoms in total. The molecule has 0 aliphatic heterocycles. The van der Waals surface area contributed by atoms with E-state index in [1.807, 2.05) is 6.07 Å². The van der Waals surface area contributed by atoms with Crippen LogP contribution in [0.2, 0.25) is 0 Å². The first kappa shape index (κ1) is 11.7. The highest BCUT2D eigenvalue weighted by molar-refractivity contribution is 6.04. The van der Waals surface area contributed by atoms with Gasteiger partial charge in [-0.3, -0.25) is 9.48 Å². The molecule has 0 spiro atoms. The molecule has 2 heterocycles. The molecule has 1 amide bonds. The number of anilines is 1. The van der Waals surface area contributed by atoms with Crippen LogP contribution in [0.4, 0.5) is 10.2 Å². The average molecular weight is 245 g/mol. The SMILES string of the molecule is Cn1ncc(C#N)c1NC(=O)c1ccc(F)nc1. The first-order valence-electron chi connectivity index (χ1n) is 4.97. The summed E-state index contributed by atoms with van der Waals surface area (Å²) in [6.45, 7) is 0. The summed E-state index contributed by atoms with van der Waals surface area (Å²) in [5.41, 5.74) is 0.447. The second kappa shape index (κ2) is 4.63. The van der Waals surface area contributed by atoms with E-state index in [0.717, 1.165) is 12.3 Å². The number of nitrogens with zero attached hydrogens (tertiary/aromatic N) is 4. The summed E-state index contributed by atoms with van der Waals surface area (Å²) in [7, 11) is 1.60. The van der Waals surface area contributed by atoms with Crippen molar-refractivity contribution in [3.8, 4) is 6.07 Å². The lowest BCUT2D eigenvalue weighted by Gasteiger charge is -2.05. The molecule has 0 fully saturated rings. The molecule has 0 saturated carbocycles. The van der Waals surface area contributed by atoms with Crippen molar-refractivity contribution in [2.45, 2.75) is 0 Å². The van der Waals surface area contributed by atoms with Gasteiger partial charge in [-0.25, -0.2) is 4.98 Å². The molecule has 0 atom stereocenters. The van der Waals surface area contributed by atoms with Crippen LogP contribution < -0.4 is 5.32 Å². The number of halogens is 1. The van der Waals surface area contributed by atoms with E-state index < -0.39 is 11.9 Å². The number of rotatable bonds is 2. The minimum absolute atomic E-state index is 0.196. The Bertz CT molecular complexity index is 626. The number of hydrogen-bond acceptors (Lipinski definition) is 4. The molecular formula is C11H8FN5O. The van der Waals surface area contributed by atoms with Crippen LogP contribution in [0.25, 0.3) is 0 Å². The predicted molar refractivity (Wildman–Crippen MR) is 60.1 cm³/mol. The maximum atomic E-state index is 12.6. The number of nitriles is 1. The summed E-state index contributed by atoms with van der Waals surface area (Å²) in [4.78, 5) is 15.2. The first-order valence-corrected chi connectivity index (χ1v) is 4.97. The van der Waals surface area contributed by atoms with E-state index in [-0.39, 0.29) is 16.9 Å². The minimum atomic E-state index is -0.662. The van der Waals surface area contributed by atoms with E-state index >= 15 is 0 Å². The fourth-order valence-corrected chi connectivity index (χ4v) is 1.36. The fourth-order valence-electron chi connectivity index (χ4n) is 1.36. The van der Waals surface area contributed by atoms with Gasteiger partial charge in [-0.1, -0.05) is 0 Å².